The number of carbonyl (C=O) groups excluding carboxylic acids is 1. The number of rotatable bonds is 8. The smallest absolute Gasteiger partial charge is 0.324 e. The molecule has 0 saturated carbocycles. The fourth-order valence-electron chi connectivity index (χ4n) is 4.00. The van der Waals surface area contributed by atoms with Gasteiger partial charge in [0.2, 0.25) is 0 Å². The van der Waals surface area contributed by atoms with Crippen molar-refractivity contribution < 1.29 is 22.7 Å². The van der Waals surface area contributed by atoms with E-state index in [4.69, 9.17) is 9.47 Å². The first-order valence-corrected chi connectivity index (χ1v) is 12.8. The van der Waals surface area contributed by atoms with Crippen LogP contribution in [0, 0.1) is 6.92 Å². The van der Waals surface area contributed by atoms with Gasteiger partial charge in [0.1, 0.15) is 11.5 Å². The fraction of sp³-hybridized carbons (Fsp3) is 0.269. The number of amides is 2. The number of ether oxygens (including phenoxy) is 2. The minimum atomic E-state index is -3.78. The summed E-state index contributed by atoms with van der Waals surface area (Å²) in [5, 5.41) is 0. The zero-order valence-electron chi connectivity index (χ0n) is 20.0. The first-order chi connectivity index (χ1) is 16.8. The number of benzene rings is 3. The van der Waals surface area contributed by atoms with Crippen LogP contribution >= 0.6 is 0 Å². The van der Waals surface area contributed by atoms with Crippen molar-refractivity contribution in [1.29, 1.82) is 0 Å². The van der Waals surface area contributed by atoms with Crippen molar-refractivity contribution in [1.82, 2.24) is 4.90 Å². The molecule has 4 rings (SSSR count). The van der Waals surface area contributed by atoms with Crippen LogP contribution in [-0.2, 0) is 16.6 Å². The standard InChI is InChI=1S/C26H29N3O5S/c1-19-5-12-23(13-6-19)35(31,32)27-21-9-14-25(34-3)24(17-21)29-16-4-15-28(26(29)30)18-20-7-10-22(33-2)11-8-20/h5-14,17,27H,4,15-16,18H2,1-3H3. The molecule has 1 N–H and O–H groups in total. The number of hydrogen-bond acceptors (Lipinski definition) is 5. The molecule has 1 saturated heterocycles. The van der Waals surface area contributed by atoms with E-state index < -0.39 is 10.0 Å². The van der Waals surface area contributed by atoms with Crippen molar-refractivity contribution in [3.63, 3.8) is 0 Å². The van der Waals surface area contributed by atoms with Crippen molar-refractivity contribution in [2.24, 2.45) is 0 Å². The largest absolute Gasteiger partial charge is 0.497 e. The summed E-state index contributed by atoms with van der Waals surface area (Å²) in [6.07, 6.45) is 0.768. The number of aryl methyl sites for hydroxylation is 1. The Morgan fingerprint density at radius 2 is 1.63 bits per heavy atom. The normalized spacial score (nSPS) is 14.1. The van der Waals surface area contributed by atoms with Crippen LogP contribution in [0.1, 0.15) is 17.5 Å². The van der Waals surface area contributed by atoms with Crippen LogP contribution in [0.15, 0.2) is 71.6 Å². The Bertz CT molecular complexity index is 1290. The van der Waals surface area contributed by atoms with Crippen LogP contribution in [0.2, 0.25) is 0 Å². The van der Waals surface area contributed by atoms with E-state index in [1.54, 1.807) is 59.4 Å². The van der Waals surface area contributed by atoms with Crippen molar-refractivity contribution >= 4 is 27.4 Å². The number of nitrogens with zero attached hydrogens (tertiary/aromatic N) is 2. The predicted octanol–water partition coefficient (Wildman–Crippen LogP) is 4.65. The maximum atomic E-state index is 13.4. The van der Waals surface area contributed by atoms with E-state index in [0.29, 0.717) is 36.8 Å². The van der Waals surface area contributed by atoms with Gasteiger partial charge in [-0.2, -0.15) is 0 Å². The molecule has 1 aliphatic heterocycles. The van der Waals surface area contributed by atoms with E-state index in [-0.39, 0.29) is 10.9 Å². The second kappa shape index (κ2) is 10.3. The van der Waals surface area contributed by atoms with Crippen LogP contribution < -0.4 is 19.1 Å². The summed E-state index contributed by atoms with van der Waals surface area (Å²) in [5.41, 5.74) is 2.83. The van der Waals surface area contributed by atoms with E-state index in [1.807, 2.05) is 31.2 Å². The molecule has 9 heteroatoms. The molecule has 0 aromatic heterocycles. The van der Waals surface area contributed by atoms with E-state index in [9.17, 15) is 13.2 Å². The Hall–Kier alpha value is -3.72. The highest BCUT2D eigenvalue weighted by Crippen LogP contribution is 2.34. The van der Waals surface area contributed by atoms with E-state index >= 15 is 0 Å². The number of urea groups is 1. The van der Waals surface area contributed by atoms with Gasteiger partial charge in [-0.05, 0) is 61.4 Å². The van der Waals surface area contributed by atoms with Crippen LogP contribution in [0.5, 0.6) is 11.5 Å². The summed E-state index contributed by atoms with van der Waals surface area (Å²) in [6.45, 7) is 3.49. The van der Waals surface area contributed by atoms with Crippen molar-refractivity contribution in [3.05, 3.63) is 77.9 Å². The highest BCUT2D eigenvalue weighted by atomic mass is 32.2. The molecule has 0 radical (unpaired) electrons. The van der Waals surface area contributed by atoms with E-state index in [1.165, 1.54) is 7.11 Å². The van der Waals surface area contributed by atoms with Gasteiger partial charge < -0.3 is 14.4 Å². The van der Waals surface area contributed by atoms with Gasteiger partial charge in [-0.15, -0.1) is 0 Å². The first kappa shape index (κ1) is 24.4. The van der Waals surface area contributed by atoms with Gasteiger partial charge in [-0.1, -0.05) is 29.8 Å². The second-order valence-electron chi connectivity index (χ2n) is 8.36. The predicted molar refractivity (Wildman–Crippen MR) is 136 cm³/mol. The van der Waals surface area contributed by atoms with Crippen LogP contribution in [-0.4, -0.2) is 46.7 Å². The molecule has 1 heterocycles. The van der Waals surface area contributed by atoms with Gasteiger partial charge in [-0.3, -0.25) is 9.62 Å². The summed E-state index contributed by atoms with van der Waals surface area (Å²) in [6, 6.07) is 19.0. The van der Waals surface area contributed by atoms with E-state index in [2.05, 4.69) is 4.72 Å². The lowest BCUT2D eigenvalue weighted by atomic mass is 10.1. The maximum absolute atomic E-state index is 13.4. The molecule has 0 bridgehead atoms. The maximum Gasteiger partial charge on any atom is 0.324 e. The number of methoxy groups -OCH3 is 2. The SMILES string of the molecule is COc1ccc(CN2CCCN(c3cc(NS(=O)(=O)c4ccc(C)cc4)ccc3OC)C2=O)cc1. The molecule has 1 aliphatic rings. The minimum Gasteiger partial charge on any atom is -0.497 e. The van der Waals surface area contributed by atoms with Crippen LogP contribution in [0.4, 0.5) is 16.2 Å². The number of sulfonamides is 1. The average Bonchev–Trinajstić information content (AvgIpc) is 2.86. The summed E-state index contributed by atoms with van der Waals surface area (Å²) in [4.78, 5) is 17.0. The average molecular weight is 496 g/mol. The summed E-state index contributed by atoms with van der Waals surface area (Å²) < 4.78 is 39.1. The summed E-state index contributed by atoms with van der Waals surface area (Å²) in [7, 11) is -0.642. The molecule has 3 aromatic carbocycles. The van der Waals surface area contributed by atoms with Crippen molar-refractivity contribution in [3.8, 4) is 11.5 Å². The molecule has 3 aromatic rings. The van der Waals surface area contributed by atoms with Gasteiger partial charge in [0.05, 0.1) is 30.5 Å². The lowest BCUT2D eigenvalue weighted by molar-refractivity contribution is 0.192. The molecule has 0 aliphatic carbocycles. The van der Waals surface area contributed by atoms with E-state index in [0.717, 1.165) is 23.3 Å². The van der Waals surface area contributed by atoms with Gasteiger partial charge >= 0.3 is 6.03 Å². The topological polar surface area (TPSA) is 88.2 Å². The fourth-order valence-corrected chi connectivity index (χ4v) is 5.05. The molecule has 0 atom stereocenters. The third kappa shape index (κ3) is 5.51. The molecule has 1 fully saturated rings. The van der Waals surface area contributed by atoms with Crippen molar-refractivity contribution in [2.75, 3.05) is 36.9 Å². The summed E-state index contributed by atoms with van der Waals surface area (Å²) >= 11 is 0. The van der Waals surface area contributed by atoms with Crippen molar-refractivity contribution in [2.45, 2.75) is 24.8 Å². The Kier molecular flexibility index (Phi) is 7.16. The molecule has 0 unspecified atom stereocenters. The zero-order valence-corrected chi connectivity index (χ0v) is 20.8. The Morgan fingerprint density at radius 1 is 0.914 bits per heavy atom. The Balaban J connectivity index is 1.57. The molecular formula is C26H29N3O5S. The zero-order chi connectivity index (χ0) is 25.0. The lowest BCUT2D eigenvalue weighted by Crippen LogP contribution is -2.49. The number of hydrogen-bond donors (Lipinski definition) is 1. The van der Waals surface area contributed by atoms with Gasteiger partial charge in [-0.25, -0.2) is 13.2 Å². The van der Waals surface area contributed by atoms with Crippen LogP contribution in [0.25, 0.3) is 0 Å². The van der Waals surface area contributed by atoms with Gasteiger partial charge in [0.25, 0.3) is 10.0 Å². The monoisotopic (exact) mass is 495 g/mol. The van der Waals surface area contributed by atoms with Crippen LogP contribution in [0.3, 0.4) is 0 Å². The summed E-state index contributed by atoms with van der Waals surface area (Å²) in [5.74, 6) is 1.25. The third-order valence-electron chi connectivity index (χ3n) is 5.90. The number of nitrogens with one attached hydrogen (secondary N) is 1. The molecular weight excluding hydrogens is 466 g/mol. The molecule has 2 amide bonds. The Labute approximate surface area is 206 Å². The Morgan fingerprint density at radius 3 is 2.29 bits per heavy atom. The van der Waals surface area contributed by atoms with Gasteiger partial charge in [0.15, 0.2) is 0 Å². The molecule has 0 spiro atoms. The van der Waals surface area contributed by atoms with Gasteiger partial charge in [0, 0.05) is 19.6 Å². The molecule has 8 nitrogen and oxygen atoms in total. The third-order valence-corrected chi connectivity index (χ3v) is 7.29. The lowest BCUT2D eigenvalue weighted by Gasteiger charge is -2.36. The molecule has 35 heavy (non-hydrogen) atoms. The number of anilines is 2. The highest BCUT2D eigenvalue weighted by molar-refractivity contribution is 7.92. The first-order valence-electron chi connectivity index (χ1n) is 11.3. The quantitative estimate of drug-likeness (QED) is 0.492. The highest BCUT2D eigenvalue weighted by Gasteiger charge is 2.29. The second-order valence-corrected chi connectivity index (χ2v) is 10.0. The molecule has 184 valence electrons. The minimum absolute atomic E-state index is 0.163. The number of carbonyl (C=O) groups is 1.